The van der Waals surface area contributed by atoms with E-state index in [0.717, 1.165) is 25.7 Å². The van der Waals surface area contributed by atoms with Crippen LogP contribution in [0, 0.1) is 0 Å². The summed E-state index contributed by atoms with van der Waals surface area (Å²) in [5, 5.41) is 8.56. The summed E-state index contributed by atoms with van der Waals surface area (Å²) in [5.41, 5.74) is 0. The third-order valence-electron chi connectivity index (χ3n) is 4.84. The van der Waals surface area contributed by atoms with Crippen molar-refractivity contribution < 1.29 is 9.90 Å². The van der Waals surface area contributed by atoms with Gasteiger partial charge in [-0.05, 0) is 38.5 Å². The molecule has 0 atom stereocenters. The average molecular weight is 365 g/mol. The lowest BCUT2D eigenvalue weighted by molar-refractivity contribution is -0.137. The van der Waals surface area contributed by atoms with Gasteiger partial charge < -0.3 is 5.11 Å². The number of carbonyl (C=O) groups is 1. The zero-order valence-electron chi connectivity index (χ0n) is 17.4. The molecule has 2 nitrogen and oxygen atoms in total. The fourth-order valence-corrected chi connectivity index (χ4v) is 3.15. The van der Waals surface area contributed by atoms with Gasteiger partial charge in [-0.25, -0.2) is 0 Å². The first-order valence-corrected chi connectivity index (χ1v) is 11.3. The number of hydrogen-bond acceptors (Lipinski definition) is 1. The summed E-state index contributed by atoms with van der Waals surface area (Å²) < 4.78 is 0. The number of carboxylic acid groups (broad SMARTS) is 1. The van der Waals surface area contributed by atoms with Crippen molar-refractivity contribution in [2.75, 3.05) is 0 Å². The zero-order chi connectivity index (χ0) is 19.1. The fourth-order valence-electron chi connectivity index (χ4n) is 3.15. The molecule has 0 aliphatic heterocycles. The topological polar surface area (TPSA) is 37.3 Å². The van der Waals surface area contributed by atoms with Crippen LogP contribution in [0.4, 0.5) is 0 Å². The van der Waals surface area contributed by atoms with Crippen LogP contribution in [0.25, 0.3) is 0 Å². The number of hydrogen-bond donors (Lipinski definition) is 1. The van der Waals surface area contributed by atoms with E-state index in [1.54, 1.807) is 0 Å². The standard InChI is InChI=1S/C24H44O2/c1-2-3-4-5-6-7-8-9-10-11-12-13-14-15-16-17-18-19-20-21-22-23-24(25)26/h12-13,15-16H,2-11,14,17-23H2,1H3,(H,25,26). The van der Waals surface area contributed by atoms with E-state index in [1.807, 2.05) is 0 Å². The van der Waals surface area contributed by atoms with E-state index in [4.69, 9.17) is 5.11 Å². The molecule has 0 aromatic carbocycles. The van der Waals surface area contributed by atoms with Gasteiger partial charge in [0.2, 0.25) is 0 Å². The summed E-state index contributed by atoms with van der Waals surface area (Å²) in [5.74, 6) is -0.668. The van der Waals surface area contributed by atoms with Gasteiger partial charge in [-0.2, -0.15) is 0 Å². The first-order chi connectivity index (χ1) is 12.8. The van der Waals surface area contributed by atoms with Gasteiger partial charge in [-0.1, -0.05) is 102 Å². The Labute approximate surface area is 163 Å². The summed E-state index contributed by atoms with van der Waals surface area (Å²) in [4.78, 5) is 10.4. The summed E-state index contributed by atoms with van der Waals surface area (Å²) in [7, 11) is 0. The molecule has 0 unspecified atom stereocenters. The molecule has 0 fully saturated rings. The highest BCUT2D eigenvalue weighted by molar-refractivity contribution is 5.66. The highest BCUT2D eigenvalue weighted by atomic mass is 16.4. The molecule has 0 heterocycles. The molecule has 0 radical (unpaired) electrons. The molecule has 0 spiro atoms. The number of aliphatic carboxylic acids is 1. The predicted octanol–water partition coefficient (Wildman–Crippen LogP) is 8.23. The molecule has 0 aliphatic carbocycles. The molecular weight excluding hydrogens is 320 g/mol. The molecule has 0 amide bonds. The highest BCUT2D eigenvalue weighted by Gasteiger charge is 1.95. The molecule has 0 saturated heterocycles. The zero-order valence-corrected chi connectivity index (χ0v) is 17.4. The van der Waals surface area contributed by atoms with E-state index in [1.165, 1.54) is 83.5 Å². The molecule has 1 N–H and O–H groups in total. The maximum atomic E-state index is 10.4. The third-order valence-corrected chi connectivity index (χ3v) is 4.84. The van der Waals surface area contributed by atoms with Crippen molar-refractivity contribution in [1.29, 1.82) is 0 Å². The van der Waals surface area contributed by atoms with Crippen molar-refractivity contribution in [3.8, 4) is 0 Å². The second-order valence-corrected chi connectivity index (χ2v) is 7.50. The smallest absolute Gasteiger partial charge is 0.303 e. The van der Waals surface area contributed by atoms with Crippen LogP contribution >= 0.6 is 0 Å². The monoisotopic (exact) mass is 364 g/mol. The molecular formula is C24H44O2. The van der Waals surface area contributed by atoms with Gasteiger partial charge >= 0.3 is 5.97 Å². The number of unbranched alkanes of at least 4 members (excludes halogenated alkanes) is 14. The first-order valence-electron chi connectivity index (χ1n) is 11.3. The van der Waals surface area contributed by atoms with E-state index >= 15 is 0 Å². The lowest BCUT2D eigenvalue weighted by Gasteiger charge is -2.00. The van der Waals surface area contributed by atoms with Crippen molar-refractivity contribution in [1.82, 2.24) is 0 Å². The minimum atomic E-state index is -0.668. The van der Waals surface area contributed by atoms with Crippen molar-refractivity contribution >= 4 is 5.97 Å². The largest absolute Gasteiger partial charge is 0.481 e. The maximum Gasteiger partial charge on any atom is 0.303 e. The first kappa shape index (κ1) is 24.9. The Bertz CT molecular complexity index is 344. The SMILES string of the molecule is CCCCCCCCCCCC=CCC=CCCCCCCCC(=O)O. The normalized spacial score (nSPS) is 11.7. The Morgan fingerprint density at radius 1 is 0.615 bits per heavy atom. The number of allylic oxidation sites excluding steroid dienone is 4. The Morgan fingerprint density at radius 2 is 1.04 bits per heavy atom. The molecule has 0 bridgehead atoms. The minimum absolute atomic E-state index is 0.325. The second kappa shape index (κ2) is 22.0. The molecule has 0 aromatic rings. The predicted molar refractivity (Wildman–Crippen MR) is 115 cm³/mol. The van der Waals surface area contributed by atoms with E-state index in [2.05, 4.69) is 31.2 Å². The Kier molecular flexibility index (Phi) is 21.1. The summed E-state index contributed by atoms with van der Waals surface area (Å²) in [6.45, 7) is 2.28. The maximum absolute atomic E-state index is 10.4. The fraction of sp³-hybridized carbons (Fsp3) is 0.792. The number of carboxylic acids is 1. The molecule has 26 heavy (non-hydrogen) atoms. The van der Waals surface area contributed by atoms with Gasteiger partial charge in [0.25, 0.3) is 0 Å². The van der Waals surface area contributed by atoms with Gasteiger partial charge in [0.05, 0.1) is 0 Å². The van der Waals surface area contributed by atoms with Crippen LogP contribution in [0.3, 0.4) is 0 Å². The molecule has 0 aromatic heterocycles. The average Bonchev–Trinajstić information content (AvgIpc) is 2.62. The summed E-state index contributed by atoms with van der Waals surface area (Å²) >= 11 is 0. The summed E-state index contributed by atoms with van der Waals surface area (Å²) in [6.07, 6.45) is 31.1. The van der Waals surface area contributed by atoms with E-state index in [0.29, 0.717) is 6.42 Å². The van der Waals surface area contributed by atoms with Crippen molar-refractivity contribution in [3.63, 3.8) is 0 Å². The van der Waals surface area contributed by atoms with Crippen LogP contribution in [0.5, 0.6) is 0 Å². The minimum Gasteiger partial charge on any atom is -0.481 e. The Morgan fingerprint density at radius 3 is 1.50 bits per heavy atom. The van der Waals surface area contributed by atoms with Crippen LogP contribution in [0.15, 0.2) is 24.3 Å². The highest BCUT2D eigenvalue weighted by Crippen LogP contribution is 2.11. The molecule has 152 valence electrons. The quantitative estimate of drug-likeness (QED) is 0.174. The van der Waals surface area contributed by atoms with Gasteiger partial charge in [-0.3, -0.25) is 4.79 Å². The van der Waals surface area contributed by atoms with Crippen LogP contribution in [0.1, 0.15) is 122 Å². The van der Waals surface area contributed by atoms with E-state index in [9.17, 15) is 4.79 Å². The van der Waals surface area contributed by atoms with Crippen molar-refractivity contribution in [2.24, 2.45) is 0 Å². The van der Waals surface area contributed by atoms with Crippen molar-refractivity contribution in [3.05, 3.63) is 24.3 Å². The second-order valence-electron chi connectivity index (χ2n) is 7.50. The molecule has 2 heteroatoms. The molecule has 0 rings (SSSR count). The Balaban J connectivity index is 3.18. The van der Waals surface area contributed by atoms with Crippen LogP contribution < -0.4 is 0 Å². The van der Waals surface area contributed by atoms with Crippen molar-refractivity contribution in [2.45, 2.75) is 122 Å². The Hall–Kier alpha value is -1.05. The van der Waals surface area contributed by atoms with Gasteiger partial charge in [0.15, 0.2) is 0 Å². The van der Waals surface area contributed by atoms with Crippen LogP contribution in [-0.2, 0) is 4.79 Å². The lowest BCUT2D eigenvalue weighted by atomic mass is 10.1. The number of rotatable bonds is 20. The third kappa shape index (κ3) is 22.9. The molecule has 0 saturated carbocycles. The lowest BCUT2D eigenvalue weighted by Crippen LogP contribution is -1.93. The van der Waals surface area contributed by atoms with Gasteiger partial charge in [-0.15, -0.1) is 0 Å². The van der Waals surface area contributed by atoms with E-state index in [-0.39, 0.29) is 0 Å². The van der Waals surface area contributed by atoms with E-state index < -0.39 is 5.97 Å². The van der Waals surface area contributed by atoms with Crippen LogP contribution in [0.2, 0.25) is 0 Å². The van der Waals surface area contributed by atoms with Gasteiger partial charge in [0.1, 0.15) is 0 Å². The molecule has 0 aliphatic rings. The summed E-state index contributed by atoms with van der Waals surface area (Å²) in [6, 6.07) is 0. The van der Waals surface area contributed by atoms with Crippen LogP contribution in [-0.4, -0.2) is 11.1 Å². The van der Waals surface area contributed by atoms with Gasteiger partial charge in [0, 0.05) is 6.42 Å².